The normalized spacial score (nSPS) is 10.6. The summed E-state index contributed by atoms with van der Waals surface area (Å²) < 4.78 is 34.2. The van der Waals surface area contributed by atoms with E-state index in [1.165, 1.54) is 24.9 Å². The summed E-state index contributed by atoms with van der Waals surface area (Å²) in [5.41, 5.74) is 4.14. The lowest BCUT2D eigenvalue weighted by molar-refractivity contribution is -0.0976. The molecule has 0 aliphatic rings. The molecule has 0 radical (unpaired) electrons. The van der Waals surface area contributed by atoms with Gasteiger partial charge in [0.2, 0.25) is 0 Å². The van der Waals surface area contributed by atoms with Crippen LogP contribution in [-0.2, 0) is 13.2 Å². The fourth-order valence-corrected chi connectivity index (χ4v) is 4.44. The van der Waals surface area contributed by atoms with Gasteiger partial charge in [-0.2, -0.15) is 5.06 Å². The van der Waals surface area contributed by atoms with Gasteiger partial charge in [-0.25, -0.2) is 14.4 Å². The molecule has 5 rings (SSSR count). The molecule has 0 amide bonds. The SMILES string of the molecule is CC.CCC.Cc1cc(Nc2ncnc3ccc(-c4ccc(CN(O)CCSO)o4)cc23)ccc1OCc1cccc(F)c1. The summed E-state index contributed by atoms with van der Waals surface area (Å²) >= 11 is 0.681. The van der Waals surface area contributed by atoms with Gasteiger partial charge in [-0.05, 0) is 90.8 Å². The van der Waals surface area contributed by atoms with Crippen molar-refractivity contribution in [3.63, 3.8) is 0 Å². The molecule has 2 heterocycles. The standard InChI is InChI=1S/C29H27FN4O4S.C3H8.C2H6/c1-19-13-23(6-9-27(19)37-17-20-3-2-4-22(30)14-20)33-29-25-15-21(5-8-26(25)31-18-32-29)28-10-7-24(38-28)16-34(35)11-12-39-36;1-3-2;1-2/h2-10,13-15,18,35-36H,11-12,16-17H2,1H3,(H,31,32,33);3H2,1-2H3;1-2H3. The van der Waals surface area contributed by atoms with Crippen molar-refractivity contribution in [2.24, 2.45) is 0 Å². The van der Waals surface area contributed by atoms with Gasteiger partial charge in [-0.15, -0.1) is 0 Å². The Balaban J connectivity index is 0.000000997. The number of ether oxygens (including phenoxy) is 1. The Morgan fingerprint density at radius 3 is 2.52 bits per heavy atom. The van der Waals surface area contributed by atoms with Crippen molar-refractivity contribution in [3.8, 4) is 17.1 Å². The first-order chi connectivity index (χ1) is 21.4. The monoisotopic (exact) mass is 620 g/mol. The fraction of sp³-hybridized carbons (Fsp3) is 0.294. The molecule has 234 valence electrons. The van der Waals surface area contributed by atoms with E-state index in [0.29, 0.717) is 47.4 Å². The largest absolute Gasteiger partial charge is 0.489 e. The van der Waals surface area contributed by atoms with E-state index in [1.54, 1.807) is 6.07 Å². The second-order valence-electron chi connectivity index (χ2n) is 9.67. The van der Waals surface area contributed by atoms with Crippen LogP contribution >= 0.6 is 12.0 Å². The molecule has 0 saturated carbocycles. The third kappa shape index (κ3) is 10.1. The maximum atomic E-state index is 13.5. The molecule has 3 N–H and O–H groups in total. The van der Waals surface area contributed by atoms with Gasteiger partial charge < -0.3 is 24.2 Å². The van der Waals surface area contributed by atoms with Crippen LogP contribution in [0.5, 0.6) is 5.75 Å². The molecule has 0 aliphatic carbocycles. The molecule has 8 nitrogen and oxygen atoms in total. The Morgan fingerprint density at radius 2 is 1.80 bits per heavy atom. The quantitative estimate of drug-likeness (QED) is 0.0983. The topological polar surface area (TPSA) is 104 Å². The van der Waals surface area contributed by atoms with Crippen LogP contribution < -0.4 is 10.1 Å². The first-order valence-electron chi connectivity index (χ1n) is 14.7. The van der Waals surface area contributed by atoms with E-state index in [2.05, 4.69) is 29.1 Å². The number of aryl methyl sites for hydroxylation is 1. The molecule has 3 aromatic carbocycles. The number of benzene rings is 3. The van der Waals surface area contributed by atoms with Gasteiger partial charge in [-0.3, -0.25) is 0 Å². The molecule has 44 heavy (non-hydrogen) atoms. The molecule has 0 atom stereocenters. The van der Waals surface area contributed by atoms with Crippen molar-refractivity contribution in [1.82, 2.24) is 15.0 Å². The second kappa shape index (κ2) is 18.0. The molecule has 0 fully saturated rings. The number of hydrogen-bond donors (Lipinski definition) is 3. The van der Waals surface area contributed by atoms with Crippen LogP contribution in [0.2, 0.25) is 0 Å². The van der Waals surface area contributed by atoms with Gasteiger partial charge in [0.1, 0.15) is 41.8 Å². The second-order valence-corrected chi connectivity index (χ2v) is 10.3. The average Bonchev–Trinajstić information content (AvgIpc) is 3.49. The summed E-state index contributed by atoms with van der Waals surface area (Å²) in [6.07, 6.45) is 2.76. The van der Waals surface area contributed by atoms with E-state index in [-0.39, 0.29) is 19.0 Å². The molecule has 0 spiro atoms. The minimum atomic E-state index is -0.287. The van der Waals surface area contributed by atoms with E-state index in [4.69, 9.17) is 13.7 Å². The Morgan fingerprint density at radius 1 is 1.00 bits per heavy atom. The lowest BCUT2D eigenvalue weighted by Crippen LogP contribution is -2.21. The number of halogens is 1. The fourth-order valence-electron chi connectivity index (χ4n) is 4.15. The number of aromatic nitrogens is 2. The molecule has 0 unspecified atom stereocenters. The van der Waals surface area contributed by atoms with E-state index in [9.17, 15) is 9.60 Å². The third-order valence-corrected chi connectivity index (χ3v) is 6.45. The number of furan rings is 1. The number of fused-ring (bicyclic) bond motifs is 1. The molecule has 5 aromatic rings. The van der Waals surface area contributed by atoms with E-state index in [0.717, 1.165) is 38.3 Å². The zero-order valence-electron chi connectivity index (χ0n) is 25.9. The number of hydroxylamine groups is 2. The smallest absolute Gasteiger partial charge is 0.141 e. The summed E-state index contributed by atoms with van der Waals surface area (Å²) in [6, 6.07) is 21.6. The van der Waals surface area contributed by atoms with Gasteiger partial charge in [0.25, 0.3) is 0 Å². The summed E-state index contributed by atoms with van der Waals surface area (Å²) in [4.78, 5) is 8.86. The molecule has 0 saturated heterocycles. The van der Waals surface area contributed by atoms with Crippen LogP contribution in [0.1, 0.15) is 51.0 Å². The van der Waals surface area contributed by atoms with Gasteiger partial charge in [0.05, 0.1) is 12.1 Å². The highest BCUT2D eigenvalue weighted by Gasteiger charge is 2.12. The summed E-state index contributed by atoms with van der Waals surface area (Å²) in [7, 11) is 0. The zero-order valence-corrected chi connectivity index (χ0v) is 26.7. The number of anilines is 2. The highest BCUT2D eigenvalue weighted by atomic mass is 32.2. The van der Waals surface area contributed by atoms with E-state index in [1.807, 2.05) is 75.4 Å². The highest BCUT2D eigenvalue weighted by molar-refractivity contribution is 7.93. The van der Waals surface area contributed by atoms with Gasteiger partial charge in [0, 0.05) is 28.9 Å². The highest BCUT2D eigenvalue weighted by Crippen LogP contribution is 2.31. The Bertz CT molecular complexity index is 1600. The Hall–Kier alpha value is -3.96. The molecule has 0 bridgehead atoms. The summed E-state index contributed by atoms with van der Waals surface area (Å²) in [6.45, 7) is 11.0. The molecule has 2 aromatic heterocycles. The van der Waals surface area contributed by atoms with Gasteiger partial charge in [0.15, 0.2) is 0 Å². The van der Waals surface area contributed by atoms with Crippen LogP contribution in [0.3, 0.4) is 0 Å². The van der Waals surface area contributed by atoms with E-state index < -0.39 is 0 Å². The predicted molar refractivity (Wildman–Crippen MR) is 177 cm³/mol. The van der Waals surface area contributed by atoms with Crippen LogP contribution in [0, 0.1) is 12.7 Å². The number of nitrogens with zero attached hydrogens (tertiary/aromatic N) is 3. The lowest BCUT2D eigenvalue weighted by atomic mass is 10.1. The van der Waals surface area contributed by atoms with Gasteiger partial charge in [-0.1, -0.05) is 46.2 Å². The van der Waals surface area contributed by atoms with E-state index >= 15 is 0 Å². The minimum absolute atomic E-state index is 0.214. The number of rotatable bonds is 11. The number of hydrogen-bond acceptors (Lipinski definition) is 9. The maximum Gasteiger partial charge on any atom is 0.141 e. The first kappa shape index (κ1) is 34.5. The minimum Gasteiger partial charge on any atom is -0.489 e. The summed E-state index contributed by atoms with van der Waals surface area (Å²) in [5.74, 6) is 2.73. The van der Waals surface area contributed by atoms with Crippen LogP contribution in [-0.4, -0.2) is 37.1 Å². The predicted octanol–water partition coefficient (Wildman–Crippen LogP) is 9.50. The van der Waals surface area contributed by atoms with Crippen molar-refractivity contribution < 1.29 is 23.3 Å². The lowest BCUT2D eigenvalue weighted by Gasteiger charge is -2.13. The Labute approximate surface area is 263 Å². The molecular formula is C34H41FN4O4S. The number of nitrogens with one attached hydrogen (secondary N) is 1. The molecular weight excluding hydrogens is 579 g/mol. The van der Waals surface area contributed by atoms with Crippen LogP contribution in [0.25, 0.3) is 22.2 Å². The zero-order chi connectivity index (χ0) is 31.9. The summed E-state index contributed by atoms with van der Waals surface area (Å²) in [5, 5.41) is 15.3. The third-order valence-electron chi connectivity index (χ3n) is 6.08. The first-order valence-corrected chi connectivity index (χ1v) is 15.6. The van der Waals surface area contributed by atoms with Gasteiger partial charge >= 0.3 is 0 Å². The Kier molecular flexibility index (Phi) is 14.1. The van der Waals surface area contributed by atoms with Crippen molar-refractivity contribution in [2.45, 2.75) is 54.2 Å². The van der Waals surface area contributed by atoms with Crippen molar-refractivity contribution in [2.75, 3.05) is 17.6 Å². The molecule has 10 heteroatoms. The molecule has 0 aliphatic heterocycles. The van der Waals surface area contributed by atoms with Crippen molar-refractivity contribution >= 4 is 34.5 Å². The average molecular weight is 621 g/mol. The van der Waals surface area contributed by atoms with Crippen LogP contribution in [0.15, 0.2) is 83.5 Å². The van der Waals surface area contributed by atoms with Crippen molar-refractivity contribution in [3.05, 3.63) is 102 Å². The maximum absolute atomic E-state index is 13.5. The van der Waals surface area contributed by atoms with Crippen LogP contribution in [0.4, 0.5) is 15.9 Å². The van der Waals surface area contributed by atoms with Crippen molar-refractivity contribution in [1.29, 1.82) is 0 Å².